The average molecular weight is 903 g/mol. The van der Waals surface area contributed by atoms with Gasteiger partial charge in [0, 0.05) is 38.8 Å². The summed E-state index contributed by atoms with van der Waals surface area (Å²) in [6, 6.07) is 0.111. The number of hydrogen-bond donors (Lipinski definition) is 0. The zero-order chi connectivity index (χ0) is 46.6. The molecule has 0 saturated carbocycles. The molecule has 1 atom stereocenters. The Balaban J connectivity index is 2.89. The summed E-state index contributed by atoms with van der Waals surface area (Å²) in [5.74, 6) is 0.561. The van der Waals surface area contributed by atoms with Gasteiger partial charge in [-0.05, 0) is 71.2 Å². The van der Waals surface area contributed by atoms with Crippen molar-refractivity contribution in [3.05, 3.63) is 0 Å². The maximum atomic E-state index is 14.2. The molecule has 1 aliphatic rings. The van der Waals surface area contributed by atoms with E-state index in [1.54, 1.807) is 0 Å². The third-order valence-corrected chi connectivity index (χ3v) is 14.5. The molecule has 2 amide bonds. The van der Waals surface area contributed by atoms with Crippen molar-refractivity contribution in [2.45, 2.75) is 279 Å². The van der Waals surface area contributed by atoms with Crippen LogP contribution in [-0.4, -0.2) is 121 Å². The lowest BCUT2D eigenvalue weighted by atomic mass is 10.1. The van der Waals surface area contributed by atoms with Gasteiger partial charge in [-0.3, -0.25) is 19.4 Å². The number of unbranched alkanes of at least 4 members (excludes halogenated alkanes) is 30. The molecule has 1 saturated heterocycles. The van der Waals surface area contributed by atoms with Crippen LogP contribution in [0.1, 0.15) is 273 Å². The standard InChI is InChI=1S/C57H115N5O2/c1-7-13-18-23-28-33-38-43-58(44-39-34-29-24-19-14-8-2)48-49-60(47-42-37-32-27-22-17-11-5)53-56(63)61-50-51-62(55(12-6)52-61)57(64)54-59(45-40-35-30-25-20-15-9-3)46-41-36-31-26-21-16-10-4/h55H,7-54H2,1-6H3. The number of carbonyl (C=O) groups is 2. The first-order chi connectivity index (χ1) is 31.4. The van der Waals surface area contributed by atoms with Crippen molar-refractivity contribution in [3.63, 3.8) is 0 Å². The Kier molecular flexibility index (Phi) is 43.3. The summed E-state index contributed by atoms with van der Waals surface area (Å²) in [5.41, 5.74) is 0. The normalized spacial score (nSPS) is 14.5. The molecule has 1 unspecified atom stereocenters. The Morgan fingerprint density at radius 3 is 0.969 bits per heavy atom. The van der Waals surface area contributed by atoms with Crippen LogP contribution in [0.25, 0.3) is 0 Å². The molecule has 1 heterocycles. The van der Waals surface area contributed by atoms with Crippen LogP contribution in [-0.2, 0) is 9.59 Å². The highest BCUT2D eigenvalue weighted by molar-refractivity contribution is 5.81. The fourth-order valence-corrected chi connectivity index (χ4v) is 9.95. The Labute approximate surface area is 401 Å². The molecule has 7 nitrogen and oxygen atoms in total. The number of nitrogens with zero attached hydrogens (tertiary/aromatic N) is 5. The lowest BCUT2D eigenvalue weighted by molar-refractivity contribution is -0.144. The van der Waals surface area contributed by atoms with Gasteiger partial charge in [0.1, 0.15) is 0 Å². The van der Waals surface area contributed by atoms with Crippen molar-refractivity contribution in [3.8, 4) is 0 Å². The van der Waals surface area contributed by atoms with E-state index in [9.17, 15) is 9.59 Å². The average Bonchev–Trinajstić information content (AvgIpc) is 3.30. The monoisotopic (exact) mass is 902 g/mol. The van der Waals surface area contributed by atoms with Gasteiger partial charge in [0.2, 0.25) is 11.8 Å². The number of carbonyl (C=O) groups excluding carboxylic acids is 2. The van der Waals surface area contributed by atoms with Crippen LogP contribution in [0.15, 0.2) is 0 Å². The molecule has 380 valence electrons. The van der Waals surface area contributed by atoms with E-state index in [4.69, 9.17) is 0 Å². The molecule has 64 heavy (non-hydrogen) atoms. The highest BCUT2D eigenvalue weighted by Gasteiger charge is 2.32. The minimum absolute atomic E-state index is 0.111. The molecular weight excluding hydrogens is 787 g/mol. The minimum atomic E-state index is 0.111. The molecule has 0 bridgehead atoms. The molecule has 1 aliphatic heterocycles. The van der Waals surface area contributed by atoms with Gasteiger partial charge in [-0.1, -0.05) is 234 Å². The molecule has 0 aliphatic carbocycles. The lowest BCUT2D eigenvalue weighted by Gasteiger charge is -2.42. The third-order valence-electron chi connectivity index (χ3n) is 14.5. The van der Waals surface area contributed by atoms with Crippen LogP contribution >= 0.6 is 0 Å². The van der Waals surface area contributed by atoms with E-state index < -0.39 is 0 Å². The van der Waals surface area contributed by atoms with Crippen molar-refractivity contribution in [1.82, 2.24) is 24.5 Å². The van der Waals surface area contributed by atoms with Gasteiger partial charge in [0.25, 0.3) is 0 Å². The second-order valence-electron chi connectivity index (χ2n) is 20.5. The van der Waals surface area contributed by atoms with Crippen LogP contribution in [0.4, 0.5) is 0 Å². The first-order valence-corrected chi connectivity index (χ1v) is 29.2. The topological polar surface area (TPSA) is 50.3 Å². The molecular formula is C57H115N5O2. The second-order valence-corrected chi connectivity index (χ2v) is 20.5. The van der Waals surface area contributed by atoms with Gasteiger partial charge in [-0.15, -0.1) is 0 Å². The van der Waals surface area contributed by atoms with Crippen molar-refractivity contribution < 1.29 is 9.59 Å². The van der Waals surface area contributed by atoms with Gasteiger partial charge >= 0.3 is 0 Å². The number of hydrogen-bond acceptors (Lipinski definition) is 5. The molecule has 0 aromatic heterocycles. The van der Waals surface area contributed by atoms with Crippen LogP contribution in [0, 0.1) is 0 Å². The third kappa shape index (κ3) is 34.2. The maximum absolute atomic E-state index is 14.2. The Morgan fingerprint density at radius 1 is 0.344 bits per heavy atom. The van der Waals surface area contributed by atoms with Crippen LogP contribution < -0.4 is 0 Å². The van der Waals surface area contributed by atoms with Crippen molar-refractivity contribution >= 4 is 11.8 Å². The van der Waals surface area contributed by atoms with Crippen molar-refractivity contribution in [2.24, 2.45) is 0 Å². The predicted molar refractivity (Wildman–Crippen MR) is 282 cm³/mol. The fraction of sp³-hybridized carbons (Fsp3) is 0.965. The summed E-state index contributed by atoms with van der Waals surface area (Å²) >= 11 is 0. The van der Waals surface area contributed by atoms with E-state index in [0.29, 0.717) is 32.7 Å². The largest absolute Gasteiger partial charge is 0.338 e. The molecule has 0 aromatic carbocycles. The summed E-state index contributed by atoms with van der Waals surface area (Å²) in [6.45, 7) is 24.3. The molecule has 7 heteroatoms. The van der Waals surface area contributed by atoms with E-state index >= 15 is 0 Å². The first kappa shape index (κ1) is 60.8. The maximum Gasteiger partial charge on any atom is 0.237 e. The zero-order valence-electron chi connectivity index (χ0n) is 44.6. The quantitative estimate of drug-likeness (QED) is 0.0570. The predicted octanol–water partition coefficient (Wildman–Crippen LogP) is 15.1. The molecule has 0 aromatic rings. The highest BCUT2D eigenvalue weighted by atomic mass is 16.2. The van der Waals surface area contributed by atoms with Gasteiger partial charge < -0.3 is 14.7 Å². The summed E-state index contributed by atoms with van der Waals surface area (Å²) < 4.78 is 0. The number of amides is 2. The SMILES string of the molecule is CCCCCCCCCN(CCCCCCCCC)CCN(CCCCCCCCC)CC(=O)N1CCN(C(=O)CN(CCCCCCCCC)CCCCCCCCC)C(CC)C1. The van der Waals surface area contributed by atoms with Gasteiger partial charge in [-0.25, -0.2) is 0 Å². The molecule has 0 radical (unpaired) electrons. The Morgan fingerprint density at radius 2 is 0.625 bits per heavy atom. The van der Waals surface area contributed by atoms with E-state index in [1.807, 2.05) is 0 Å². The minimum Gasteiger partial charge on any atom is -0.338 e. The second kappa shape index (κ2) is 45.6. The van der Waals surface area contributed by atoms with Crippen molar-refractivity contribution in [1.29, 1.82) is 0 Å². The molecule has 1 fully saturated rings. The summed E-state index contributed by atoms with van der Waals surface area (Å²) in [5, 5.41) is 0. The summed E-state index contributed by atoms with van der Waals surface area (Å²) in [7, 11) is 0. The molecule has 0 spiro atoms. The lowest BCUT2D eigenvalue weighted by Crippen LogP contribution is -2.59. The Bertz CT molecular complexity index is 974. The van der Waals surface area contributed by atoms with Gasteiger partial charge in [0.05, 0.1) is 13.1 Å². The molecule has 0 N–H and O–H groups in total. The van der Waals surface area contributed by atoms with Crippen molar-refractivity contribution in [2.75, 3.05) is 78.5 Å². The Hall–Kier alpha value is -1.18. The smallest absolute Gasteiger partial charge is 0.237 e. The van der Waals surface area contributed by atoms with E-state index in [-0.39, 0.29) is 17.9 Å². The molecule has 1 rings (SSSR count). The van der Waals surface area contributed by atoms with E-state index in [1.165, 1.54) is 238 Å². The van der Waals surface area contributed by atoms with Crippen LogP contribution in [0.5, 0.6) is 0 Å². The van der Waals surface area contributed by atoms with E-state index in [0.717, 1.165) is 39.1 Å². The fourth-order valence-electron chi connectivity index (χ4n) is 9.95. The first-order valence-electron chi connectivity index (χ1n) is 29.2. The number of rotatable bonds is 48. The highest BCUT2D eigenvalue weighted by Crippen LogP contribution is 2.18. The summed E-state index contributed by atoms with van der Waals surface area (Å²) in [6.07, 6.45) is 47.3. The zero-order valence-corrected chi connectivity index (χ0v) is 44.6. The number of piperazine rings is 1. The van der Waals surface area contributed by atoms with Gasteiger partial charge in [-0.2, -0.15) is 0 Å². The summed E-state index contributed by atoms with van der Waals surface area (Å²) in [4.78, 5) is 40.4. The van der Waals surface area contributed by atoms with E-state index in [2.05, 4.69) is 66.0 Å². The van der Waals surface area contributed by atoms with Crippen LogP contribution in [0.3, 0.4) is 0 Å². The van der Waals surface area contributed by atoms with Gasteiger partial charge in [0.15, 0.2) is 0 Å². The van der Waals surface area contributed by atoms with Crippen LogP contribution in [0.2, 0.25) is 0 Å².